The zero-order valence-corrected chi connectivity index (χ0v) is 98.2. The molecule has 0 saturated heterocycles. The Hall–Kier alpha value is -5.26. The molecule has 6 N–H and O–H groups in total. The molecule has 41 heteroatoms. The molecule has 12 aliphatic carbocycles. The van der Waals surface area contributed by atoms with E-state index in [9.17, 15) is 70.3 Å². The number of hydrogen-bond acceptors (Lipinski definition) is 28. The molecule has 0 amide bonds. The predicted octanol–water partition coefficient (Wildman–Crippen LogP) is 3.88. The van der Waals surface area contributed by atoms with Crippen molar-refractivity contribution in [1.82, 2.24) is 45.0 Å². The number of benzene rings is 3. The first-order valence-electron chi connectivity index (χ1n) is 53.9. The van der Waals surface area contributed by atoms with Crippen molar-refractivity contribution in [2.24, 2.45) is 154 Å². The van der Waals surface area contributed by atoms with Crippen LogP contribution >= 0.6 is 7.14 Å². The van der Waals surface area contributed by atoms with Crippen LogP contribution in [0.5, 0.6) is 0 Å². The number of carbonyl (C=O) groups excluding carboxylic acids is 3. The normalized spacial score (nSPS) is 35.3. The van der Waals surface area contributed by atoms with Gasteiger partial charge in [0.1, 0.15) is 36.9 Å². The fourth-order valence-corrected chi connectivity index (χ4v) is 36.7. The SMILES string of the molecule is C[C@H](CCC([O-])=NCCS(=O)(=O)O)[C@H]1CC[C@H]2[C@@H]3CC[C@@H]4C[C@H](n5cc(COC(=O)c6ccc(P(=O)(c7ccc(C(=O)OCc8cn([C@@H]9CC[C@@]%10(C)[C@H](CC[C@@H]%11[C@@H]%10C[C@H](O)[C@]%10(C)[C@@H]([C@H](C)CCC([O-])=NCCS(=O)(=O)O)CC[C@@H]%11%10)C9)nn8)cc7)c7ccc(C(=O)OCc8cn([C@@H]9CC[C@@]%10(C)[C@H](CC[C@@H]%11[C@@H]%10C[C@H](O)[C@]%10(C)[C@@H]([C@H](C)CCC([O-])=NCCS(=O)(=O)O)CC[C@@H]%11%10)C9)nn8)cc7)cc6)nn5)CC[C@]4(C)[C@H]3C[C@H](O)[C@]12C.[Na+].[Na+].[Na+]. The summed E-state index contributed by atoms with van der Waals surface area (Å²) in [6, 6.07) is 19.3. The van der Waals surface area contributed by atoms with E-state index in [1.165, 1.54) is 0 Å². The number of aliphatic imine (C=N–C) groups is 3. The van der Waals surface area contributed by atoms with Gasteiger partial charge < -0.3 is 64.4 Å². The van der Waals surface area contributed by atoms with Crippen molar-refractivity contribution in [2.75, 3.05) is 36.9 Å². The number of aromatic nitrogens is 9. The van der Waals surface area contributed by atoms with Crippen LogP contribution in [-0.2, 0) is 69.0 Å². The Morgan fingerprint density at radius 3 is 0.893 bits per heavy atom. The van der Waals surface area contributed by atoms with Crippen LogP contribution in [0.2, 0.25) is 0 Å². The Bertz CT molecular complexity index is 5660. The molecule has 12 fully saturated rings. The van der Waals surface area contributed by atoms with Gasteiger partial charge in [0.15, 0.2) is 7.14 Å². The van der Waals surface area contributed by atoms with Crippen LogP contribution < -0.4 is 120 Å². The van der Waals surface area contributed by atoms with Crippen molar-refractivity contribution >= 4 is 89.0 Å². The smallest absolute Gasteiger partial charge is 0.862 e. The van der Waals surface area contributed by atoms with Crippen LogP contribution in [0, 0.1) is 139 Å². The van der Waals surface area contributed by atoms with E-state index < -0.39 is 91.0 Å². The van der Waals surface area contributed by atoms with E-state index in [0.29, 0.717) is 123 Å². The maximum absolute atomic E-state index is 16.5. The Balaban J connectivity index is 0.00000554. The molecule has 6 aromatic rings. The zero-order chi connectivity index (χ0) is 104. The van der Waals surface area contributed by atoms with Gasteiger partial charge in [0.2, 0.25) is 0 Å². The summed E-state index contributed by atoms with van der Waals surface area (Å²) in [5.74, 6) is 1.01. The number of hydrogen-bond donors (Lipinski definition) is 6. The number of ether oxygens (including phenoxy) is 3. The minimum Gasteiger partial charge on any atom is -0.862 e. The van der Waals surface area contributed by atoms with Crippen molar-refractivity contribution in [3.8, 4) is 0 Å². The molecule has 0 bridgehead atoms. The van der Waals surface area contributed by atoms with E-state index in [-0.39, 0.29) is 268 Å². The minimum atomic E-state index is -4.22. The monoisotopic (exact) mass is 2160 g/mol. The standard InChI is InChI=1S/C108H153N12O22PS3.3Na/c1-64(10-37-97(124)109-46-49-144(131,132)133)85-31-34-88-82-28-19-70-52-76(40-43-103(70,4)91(82)55-94(121)106(85,88)7)118-58-73(112-115-118)61-140-100(127)67-13-22-79(23-14-67)143(130,80-24-15-68(16-25-80)101(128)141-62-74-59-119(116-113-74)77-41-44-104(5)71(53-77)20-29-83-89-35-32-86(107(89,8)95(122)56-92(83)104)65(2)11-38-98(125)110-47-50-145(134,135)136)81-26-17-69(18-27-81)102(129)142-63-75-60-120(117-114-75)78-42-45-105(6)72(54-78)21-30-84-90-36-33-87(108(90,9)96(123)57-93(84)105)66(3)12-39-99(126)111-48-51-146(137,138)139;;;/h13-18,22-27,58-60,64-66,70-72,76-78,82-96,121-123H,10-12,19-21,28-57,61-63H2,1-9H3,(H,109,124)(H,110,125)(H,111,126)(H,131,132,133)(H,134,135,136)(H,137,138,139);;;/q;3*+1/p-3/t64-,65-,66-,70-,71-,72-,76-,77-,78-,82+,83+,84+,85-,86-,87-,88+,89+,90+,91+,92+,93+,94+,95+,96+,103+,104+,105+,106-,107-,108-;;;/m1.../s1. The van der Waals surface area contributed by atoms with E-state index in [1.807, 2.05) is 32.6 Å². The van der Waals surface area contributed by atoms with E-state index >= 15 is 4.57 Å². The maximum Gasteiger partial charge on any atom is 1.00 e. The molecule has 0 radical (unpaired) electrons. The van der Waals surface area contributed by atoms with Crippen LogP contribution in [0.3, 0.4) is 0 Å². The summed E-state index contributed by atoms with van der Waals surface area (Å²) in [7, 11) is -16.6. The van der Waals surface area contributed by atoms with Gasteiger partial charge in [-0.3, -0.25) is 13.7 Å². The molecule has 149 heavy (non-hydrogen) atoms. The third kappa shape index (κ3) is 24.1. The second-order valence-electron chi connectivity index (χ2n) is 47.9. The van der Waals surface area contributed by atoms with Crippen LogP contribution in [-0.4, -0.2) is 190 Å². The summed E-state index contributed by atoms with van der Waals surface area (Å²) in [6.45, 7) is 19.3. The quantitative estimate of drug-likeness (QED) is 0.00618. The molecule has 12 saturated carbocycles. The largest absolute Gasteiger partial charge is 1.00 e. The number of aliphatic hydroxyl groups excluding tert-OH is 3. The average Bonchev–Trinajstić information content (AvgIpc) is 1.62. The van der Waals surface area contributed by atoms with Gasteiger partial charge in [0, 0.05) is 15.9 Å². The number of nitrogens with zero attached hydrogens (tertiary/aromatic N) is 12. The van der Waals surface area contributed by atoms with Crippen LogP contribution in [0.1, 0.15) is 321 Å². The van der Waals surface area contributed by atoms with Crippen molar-refractivity contribution in [3.63, 3.8) is 0 Å². The van der Waals surface area contributed by atoms with Gasteiger partial charge in [-0.1, -0.05) is 114 Å². The Morgan fingerprint density at radius 1 is 0.389 bits per heavy atom. The first kappa shape index (κ1) is 118. The van der Waals surface area contributed by atoms with E-state index in [2.05, 4.69) is 108 Å². The van der Waals surface area contributed by atoms with E-state index in [0.717, 1.165) is 154 Å². The van der Waals surface area contributed by atoms with Gasteiger partial charge in [0.25, 0.3) is 30.4 Å². The topological polar surface area (TPSA) is 518 Å². The fraction of sp³-hybridized carbons (Fsp3) is 0.722. The molecule has 3 aromatic heterocycles. The first-order chi connectivity index (χ1) is 69.2. The maximum atomic E-state index is 16.5. The van der Waals surface area contributed by atoms with Gasteiger partial charge in [0.05, 0.1) is 109 Å². The molecule has 12 aliphatic rings. The number of esters is 3. The van der Waals surface area contributed by atoms with Gasteiger partial charge in [-0.15, -0.1) is 15.3 Å². The fourth-order valence-electron chi connectivity index (χ4n) is 33.2. The van der Waals surface area contributed by atoms with Crippen molar-refractivity contribution < 1.29 is 191 Å². The summed E-state index contributed by atoms with van der Waals surface area (Å²) >= 11 is 0. The summed E-state index contributed by atoms with van der Waals surface area (Å²) in [4.78, 5) is 53.9. The van der Waals surface area contributed by atoms with Gasteiger partial charge >= 0.3 is 107 Å². The molecule has 800 valence electrons. The predicted molar refractivity (Wildman–Crippen MR) is 542 cm³/mol. The molecule has 34 nitrogen and oxygen atoms in total. The third-order valence-corrected chi connectivity index (χ3v) is 46.3. The third-order valence-electron chi connectivity index (χ3n) is 41.1. The van der Waals surface area contributed by atoms with Gasteiger partial charge in [-0.2, -0.15) is 25.3 Å². The molecule has 0 unspecified atom stereocenters. The number of fused-ring (bicyclic) bond motifs is 15. The molecule has 0 aliphatic heterocycles. The average molecular weight is 2160 g/mol. The van der Waals surface area contributed by atoms with E-state index in [4.69, 9.17) is 27.9 Å². The van der Waals surface area contributed by atoms with Gasteiger partial charge in [-0.05, 0) is 386 Å². The number of rotatable bonds is 36. The molecular formula is C108H150N12Na3O22PS3. The summed E-state index contributed by atoms with van der Waals surface area (Å²) in [6.07, 6.45) is 29.1. The summed E-state index contributed by atoms with van der Waals surface area (Å²) < 4.78 is 135. The van der Waals surface area contributed by atoms with Crippen LogP contribution in [0.15, 0.2) is 106 Å². The molecule has 0 spiro atoms. The van der Waals surface area contributed by atoms with Gasteiger partial charge in [-0.25, -0.2) is 28.4 Å². The number of aliphatic hydroxyl groups is 3. The van der Waals surface area contributed by atoms with Crippen molar-refractivity contribution in [1.29, 1.82) is 0 Å². The summed E-state index contributed by atoms with van der Waals surface area (Å²) in [5.41, 5.74) is 1.14. The minimum absolute atomic E-state index is 0. The molecular weight excluding hydrogens is 2010 g/mol. The molecule has 3 aromatic carbocycles. The van der Waals surface area contributed by atoms with Crippen LogP contribution in [0.25, 0.3) is 0 Å². The molecule has 18 rings (SSSR count). The summed E-state index contributed by atoms with van der Waals surface area (Å²) in [5, 5.41) is 103. The second kappa shape index (κ2) is 47.1. The molecule has 30 atom stereocenters. The number of carbonyl (C=O) groups is 3. The second-order valence-corrected chi connectivity index (χ2v) is 55.4. The van der Waals surface area contributed by atoms with Crippen molar-refractivity contribution in [2.45, 2.75) is 311 Å². The zero-order valence-electron chi connectivity index (χ0n) is 88.8. The molecule has 3 heterocycles. The Morgan fingerprint density at radius 2 is 0.644 bits per heavy atom. The Labute approximate surface area is 943 Å². The van der Waals surface area contributed by atoms with Crippen LogP contribution in [0.4, 0.5) is 0 Å². The van der Waals surface area contributed by atoms with Crippen molar-refractivity contribution in [3.05, 3.63) is 125 Å². The Kier molecular flexibility index (Phi) is 37.2. The van der Waals surface area contributed by atoms with E-state index in [1.54, 1.807) is 72.8 Å². The first-order valence-corrected chi connectivity index (χ1v) is 60.4.